The Kier molecular flexibility index (Phi) is 7.41. The van der Waals surface area contributed by atoms with Crippen LogP contribution in [0.1, 0.15) is 32.6 Å². The minimum absolute atomic E-state index is 0.0880. The van der Waals surface area contributed by atoms with Gasteiger partial charge in [-0.1, -0.05) is 6.08 Å². The standard InChI is InChI=1S/C19H24F3N3O2/c1-3-25(13-7-5-4-6-8-13)17(27)12-24(2)11-16(26)23-15-10-9-14(20)18(21)19(15)22/h7,9-10H,3-6,8,11-12H2,1-2H3,(H,23,26)/p+1. The zero-order valence-electron chi connectivity index (χ0n) is 15.6. The van der Waals surface area contributed by atoms with E-state index in [2.05, 4.69) is 11.4 Å². The van der Waals surface area contributed by atoms with Crippen LogP contribution in [-0.4, -0.2) is 43.4 Å². The smallest absolute Gasteiger partial charge is 0.281 e. The van der Waals surface area contributed by atoms with Crippen molar-refractivity contribution in [3.05, 3.63) is 41.4 Å². The van der Waals surface area contributed by atoms with Gasteiger partial charge in [-0.3, -0.25) is 9.59 Å². The molecule has 0 fully saturated rings. The summed E-state index contributed by atoms with van der Waals surface area (Å²) in [6.07, 6.45) is 6.10. The highest BCUT2D eigenvalue weighted by atomic mass is 19.2. The summed E-state index contributed by atoms with van der Waals surface area (Å²) in [5.74, 6) is -5.09. The Balaban J connectivity index is 1.91. The van der Waals surface area contributed by atoms with Gasteiger partial charge in [-0.25, -0.2) is 13.2 Å². The molecule has 148 valence electrons. The number of anilines is 1. The van der Waals surface area contributed by atoms with E-state index in [-0.39, 0.29) is 19.0 Å². The van der Waals surface area contributed by atoms with Crippen LogP contribution in [0, 0.1) is 17.5 Å². The van der Waals surface area contributed by atoms with Crippen LogP contribution in [0.15, 0.2) is 23.9 Å². The molecule has 1 aliphatic carbocycles. The van der Waals surface area contributed by atoms with Gasteiger partial charge in [0.05, 0.1) is 12.7 Å². The molecule has 1 atom stereocenters. The van der Waals surface area contributed by atoms with Crippen molar-refractivity contribution >= 4 is 17.5 Å². The highest BCUT2D eigenvalue weighted by Gasteiger charge is 2.23. The van der Waals surface area contributed by atoms with Gasteiger partial charge in [-0.2, -0.15) is 0 Å². The number of hydrogen-bond donors (Lipinski definition) is 2. The number of nitrogens with one attached hydrogen (secondary N) is 2. The van der Waals surface area contributed by atoms with E-state index >= 15 is 0 Å². The molecule has 5 nitrogen and oxygen atoms in total. The Hall–Kier alpha value is -2.35. The van der Waals surface area contributed by atoms with Crippen LogP contribution in [0.5, 0.6) is 0 Å². The maximum absolute atomic E-state index is 13.6. The molecule has 0 radical (unpaired) electrons. The molecular formula is C19H25F3N3O2+. The molecule has 0 bridgehead atoms. The monoisotopic (exact) mass is 384 g/mol. The van der Waals surface area contributed by atoms with E-state index in [4.69, 9.17) is 0 Å². The molecular weight excluding hydrogens is 359 g/mol. The number of hydrogen-bond acceptors (Lipinski definition) is 2. The third-order valence-corrected chi connectivity index (χ3v) is 4.46. The molecule has 1 aromatic rings. The molecule has 2 rings (SSSR count). The number of likely N-dealkylation sites (N-methyl/N-ethyl adjacent to an activating group) is 2. The van der Waals surface area contributed by atoms with Gasteiger partial charge >= 0.3 is 0 Å². The summed E-state index contributed by atoms with van der Waals surface area (Å²) >= 11 is 0. The largest absolute Gasteiger partial charge is 0.322 e. The predicted molar refractivity (Wildman–Crippen MR) is 95.5 cm³/mol. The quantitative estimate of drug-likeness (QED) is 0.706. The van der Waals surface area contributed by atoms with E-state index in [1.807, 2.05) is 6.92 Å². The van der Waals surface area contributed by atoms with Gasteiger partial charge in [0.25, 0.3) is 11.8 Å². The highest BCUT2D eigenvalue weighted by Crippen LogP contribution is 2.21. The molecule has 1 aromatic carbocycles. The van der Waals surface area contributed by atoms with Gasteiger partial charge < -0.3 is 15.1 Å². The second-order valence-electron chi connectivity index (χ2n) is 6.66. The van der Waals surface area contributed by atoms with Crippen molar-refractivity contribution in [3.8, 4) is 0 Å². The molecule has 0 heterocycles. The van der Waals surface area contributed by atoms with Crippen molar-refractivity contribution in [3.63, 3.8) is 0 Å². The zero-order valence-corrected chi connectivity index (χ0v) is 15.6. The van der Waals surface area contributed by atoms with E-state index in [9.17, 15) is 22.8 Å². The molecule has 2 amide bonds. The third-order valence-electron chi connectivity index (χ3n) is 4.46. The van der Waals surface area contributed by atoms with Gasteiger partial charge in [0.1, 0.15) is 0 Å². The molecule has 27 heavy (non-hydrogen) atoms. The average molecular weight is 384 g/mol. The molecule has 0 saturated carbocycles. The van der Waals surface area contributed by atoms with Crippen LogP contribution in [0.2, 0.25) is 0 Å². The fraction of sp³-hybridized carbons (Fsp3) is 0.474. The molecule has 8 heteroatoms. The van der Waals surface area contributed by atoms with E-state index in [1.165, 1.54) is 0 Å². The van der Waals surface area contributed by atoms with E-state index < -0.39 is 29.0 Å². The number of allylic oxidation sites excluding steroid dienone is 2. The summed E-state index contributed by atoms with van der Waals surface area (Å²) < 4.78 is 39.8. The molecule has 1 unspecified atom stereocenters. The number of halogens is 3. The van der Waals surface area contributed by atoms with Crippen LogP contribution in [0.3, 0.4) is 0 Å². The van der Waals surface area contributed by atoms with Gasteiger partial charge in [0.2, 0.25) is 0 Å². The lowest BCUT2D eigenvalue weighted by molar-refractivity contribution is -0.862. The van der Waals surface area contributed by atoms with Crippen LogP contribution in [-0.2, 0) is 9.59 Å². The summed E-state index contributed by atoms with van der Waals surface area (Å²) in [6.45, 7) is 2.45. The first-order chi connectivity index (χ1) is 12.8. The molecule has 1 aliphatic rings. The van der Waals surface area contributed by atoms with Crippen LogP contribution in [0.25, 0.3) is 0 Å². The minimum Gasteiger partial charge on any atom is -0.322 e. The normalized spacial score (nSPS) is 15.1. The zero-order chi connectivity index (χ0) is 20.0. The van der Waals surface area contributed by atoms with Crippen molar-refractivity contribution in [2.24, 2.45) is 0 Å². The molecule has 0 spiro atoms. The van der Waals surface area contributed by atoms with Crippen molar-refractivity contribution in [1.82, 2.24) is 4.90 Å². The molecule has 0 aromatic heterocycles. The number of benzene rings is 1. The average Bonchev–Trinajstić information content (AvgIpc) is 2.63. The molecule has 0 aliphatic heterocycles. The van der Waals surface area contributed by atoms with Gasteiger partial charge in [0.15, 0.2) is 30.5 Å². The van der Waals surface area contributed by atoms with Crippen molar-refractivity contribution in [2.75, 3.05) is 32.0 Å². The lowest BCUT2D eigenvalue weighted by atomic mass is 10.0. The Morgan fingerprint density at radius 3 is 2.52 bits per heavy atom. The number of amides is 2. The summed E-state index contributed by atoms with van der Waals surface area (Å²) in [5.41, 5.74) is 0.593. The van der Waals surface area contributed by atoms with Crippen LogP contribution >= 0.6 is 0 Å². The Morgan fingerprint density at radius 2 is 1.89 bits per heavy atom. The van der Waals surface area contributed by atoms with E-state index in [0.29, 0.717) is 11.4 Å². The topological polar surface area (TPSA) is 53.9 Å². The number of quaternary nitrogens is 1. The number of nitrogens with zero attached hydrogens (tertiary/aromatic N) is 1. The fourth-order valence-electron chi connectivity index (χ4n) is 3.11. The summed E-state index contributed by atoms with van der Waals surface area (Å²) in [5, 5.41) is 2.21. The van der Waals surface area contributed by atoms with Crippen molar-refractivity contribution in [2.45, 2.75) is 32.6 Å². The number of rotatable bonds is 7. The van der Waals surface area contributed by atoms with Crippen molar-refractivity contribution < 1.29 is 27.7 Å². The first-order valence-corrected chi connectivity index (χ1v) is 9.07. The maximum Gasteiger partial charge on any atom is 0.281 e. The summed E-state index contributed by atoms with van der Waals surface area (Å²) in [7, 11) is 1.67. The van der Waals surface area contributed by atoms with E-state index in [1.54, 1.807) is 11.9 Å². The van der Waals surface area contributed by atoms with Gasteiger partial charge in [-0.15, -0.1) is 0 Å². The highest BCUT2D eigenvalue weighted by molar-refractivity contribution is 5.91. The summed E-state index contributed by atoms with van der Waals surface area (Å²) in [4.78, 5) is 26.9. The second-order valence-corrected chi connectivity index (χ2v) is 6.66. The Morgan fingerprint density at radius 1 is 1.15 bits per heavy atom. The predicted octanol–water partition coefficient (Wildman–Crippen LogP) is 1.86. The first-order valence-electron chi connectivity index (χ1n) is 9.07. The second kappa shape index (κ2) is 9.55. The third kappa shape index (κ3) is 5.56. The fourth-order valence-corrected chi connectivity index (χ4v) is 3.11. The molecule has 2 N–H and O–H groups in total. The Bertz CT molecular complexity index is 737. The molecule has 0 saturated heterocycles. The maximum atomic E-state index is 13.6. The van der Waals surface area contributed by atoms with Crippen LogP contribution in [0.4, 0.5) is 18.9 Å². The first kappa shape index (κ1) is 21.0. The number of carbonyl (C=O) groups excluding carboxylic acids is 2. The van der Waals surface area contributed by atoms with Gasteiger partial charge in [0, 0.05) is 12.2 Å². The Labute approximate surface area is 156 Å². The lowest BCUT2D eigenvalue weighted by Crippen LogP contribution is -3.11. The lowest BCUT2D eigenvalue weighted by Gasteiger charge is -2.27. The number of carbonyl (C=O) groups is 2. The van der Waals surface area contributed by atoms with Gasteiger partial charge in [-0.05, 0) is 44.7 Å². The van der Waals surface area contributed by atoms with Crippen LogP contribution < -0.4 is 10.2 Å². The minimum atomic E-state index is -1.64. The van der Waals surface area contributed by atoms with E-state index in [0.717, 1.165) is 43.5 Å². The van der Waals surface area contributed by atoms with Crippen molar-refractivity contribution in [1.29, 1.82) is 0 Å². The summed E-state index contributed by atoms with van der Waals surface area (Å²) in [6, 6.07) is 1.70. The SMILES string of the molecule is CCN(C(=O)C[NH+](C)CC(=O)Nc1ccc(F)c(F)c1F)C1=CCCCC1.